The van der Waals surface area contributed by atoms with E-state index in [1.807, 2.05) is 0 Å². The highest BCUT2D eigenvalue weighted by Gasteiger charge is 2.23. The minimum atomic E-state index is 0.660. The molecule has 0 radical (unpaired) electrons. The number of para-hydroxylation sites is 3. The van der Waals surface area contributed by atoms with E-state index in [1.165, 1.54) is 43.1 Å². The molecule has 0 unspecified atom stereocenters. The first-order valence-corrected chi connectivity index (χ1v) is 14.9. The Balaban J connectivity index is 1.40. The van der Waals surface area contributed by atoms with Crippen molar-refractivity contribution < 1.29 is 0 Å². The van der Waals surface area contributed by atoms with E-state index in [0.717, 1.165) is 44.2 Å². The molecule has 0 fully saturated rings. The van der Waals surface area contributed by atoms with Gasteiger partial charge in [0.1, 0.15) is 0 Å². The molecule has 204 valence electrons. The number of nitrogens with one attached hydrogen (secondary N) is 1. The predicted octanol–water partition coefficient (Wildman–Crippen LogP) is 10.3. The molecule has 4 heteroatoms. The van der Waals surface area contributed by atoms with Gasteiger partial charge in [-0.3, -0.25) is 4.57 Å². The molecular formula is C40H24N4. The van der Waals surface area contributed by atoms with Crippen molar-refractivity contribution in [3.05, 3.63) is 140 Å². The third-order valence-electron chi connectivity index (χ3n) is 9.10. The van der Waals surface area contributed by atoms with E-state index in [-0.39, 0.29) is 0 Å². The van der Waals surface area contributed by atoms with Gasteiger partial charge in [0.05, 0.1) is 27.8 Å². The summed E-state index contributed by atoms with van der Waals surface area (Å²) in [6, 6.07) is 49.4. The third kappa shape index (κ3) is 3.17. The zero-order chi connectivity index (χ0) is 28.8. The monoisotopic (exact) mass is 560 g/mol. The summed E-state index contributed by atoms with van der Waals surface area (Å²) in [5, 5.41) is 10.7. The highest BCUT2D eigenvalue weighted by Crippen LogP contribution is 2.44. The van der Waals surface area contributed by atoms with Crippen LogP contribution in [0.3, 0.4) is 0 Å². The lowest BCUT2D eigenvalue weighted by Crippen LogP contribution is -2.04. The maximum absolute atomic E-state index is 5.40. The lowest BCUT2D eigenvalue weighted by molar-refractivity contribution is 1.02. The maximum Gasteiger partial charge on any atom is 0.235 e. The van der Waals surface area contributed by atoms with E-state index in [0.29, 0.717) is 5.95 Å². The van der Waals surface area contributed by atoms with E-state index in [1.54, 1.807) is 0 Å². The number of nitrogens with zero attached hydrogens (tertiary/aromatic N) is 3. The van der Waals surface area contributed by atoms with Gasteiger partial charge in [0.2, 0.25) is 5.95 Å². The number of H-pyrrole nitrogens is 1. The third-order valence-corrected chi connectivity index (χ3v) is 9.10. The average molecular weight is 561 g/mol. The molecule has 0 bridgehead atoms. The molecule has 4 nitrogen and oxygen atoms in total. The van der Waals surface area contributed by atoms with Crippen LogP contribution in [-0.4, -0.2) is 19.5 Å². The fourth-order valence-electron chi connectivity index (χ4n) is 7.20. The first-order valence-electron chi connectivity index (χ1n) is 14.9. The van der Waals surface area contributed by atoms with Crippen molar-refractivity contribution in [2.45, 2.75) is 0 Å². The number of hydrogen-bond acceptors (Lipinski definition) is 2. The van der Waals surface area contributed by atoms with Crippen LogP contribution >= 0.6 is 0 Å². The SMILES string of the molecule is c1ccc2cc(-c3nc(-n4c5ccccc5c5c6ccccc6c6c7ccccc7[nH]c6c54)nc4ccccc34)ccc2c1. The van der Waals surface area contributed by atoms with Crippen LogP contribution in [0, 0.1) is 0 Å². The van der Waals surface area contributed by atoms with E-state index in [9.17, 15) is 0 Å². The fraction of sp³-hybridized carbons (Fsp3) is 0. The van der Waals surface area contributed by atoms with Gasteiger partial charge in [0.25, 0.3) is 0 Å². The minimum absolute atomic E-state index is 0.660. The van der Waals surface area contributed by atoms with Crippen LogP contribution < -0.4 is 0 Å². The second-order valence-corrected chi connectivity index (χ2v) is 11.5. The number of aromatic nitrogens is 4. The number of aromatic amines is 1. The Morgan fingerprint density at radius 1 is 0.500 bits per heavy atom. The maximum atomic E-state index is 5.40. The summed E-state index contributed by atoms with van der Waals surface area (Å²) in [6.07, 6.45) is 0. The van der Waals surface area contributed by atoms with Gasteiger partial charge in [-0.1, -0.05) is 115 Å². The van der Waals surface area contributed by atoms with Gasteiger partial charge in [-0.2, -0.15) is 0 Å². The van der Waals surface area contributed by atoms with Crippen molar-refractivity contribution in [3.8, 4) is 17.2 Å². The summed E-state index contributed by atoms with van der Waals surface area (Å²) in [6.45, 7) is 0. The number of rotatable bonds is 2. The Kier molecular flexibility index (Phi) is 4.69. The molecule has 1 N–H and O–H groups in total. The average Bonchev–Trinajstić information content (AvgIpc) is 3.65. The van der Waals surface area contributed by atoms with Crippen LogP contribution in [0.5, 0.6) is 0 Å². The van der Waals surface area contributed by atoms with Crippen LogP contribution in [0.2, 0.25) is 0 Å². The van der Waals surface area contributed by atoms with Gasteiger partial charge in [-0.05, 0) is 45.8 Å². The van der Waals surface area contributed by atoms with Crippen molar-refractivity contribution in [1.29, 1.82) is 0 Å². The molecule has 44 heavy (non-hydrogen) atoms. The number of fused-ring (bicyclic) bond motifs is 12. The molecule has 0 spiro atoms. The Labute approximate surface area is 251 Å². The van der Waals surface area contributed by atoms with Crippen molar-refractivity contribution >= 4 is 76.1 Å². The number of benzene rings is 7. The van der Waals surface area contributed by atoms with Gasteiger partial charge < -0.3 is 4.98 Å². The van der Waals surface area contributed by atoms with Crippen LogP contribution in [0.15, 0.2) is 140 Å². The van der Waals surface area contributed by atoms with Crippen LogP contribution in [0.4, 0.5) is 0 Å². The van der Waals surface area contributed by atoms with Gasteiger partial charge in [-0.25, -0.2) is 9.97 Å². The van der Waals surface area contributed by atoms with E-state index < -0.39 is 0 Å². The normalized spacial score (nSPS) is 12.1. The molecule has 7 aromatic carbocycles. The van der Waals surface area contributed by atoms with Crippen molar-refractivity contribution in [2.24, 2.45) is 0 Å². The summed E-state index contributed by atoms with van der Waals surface area (Å²) in [4.78, 5) is 14.5. The van der Waals surface area contributed by atoms with Crippen molar-refractivity contribution in [1.82, 2.24) is 19.5 Å². The minimum Gasteiger partial charge on any atom is -0.353 e. The van der Waals surface area contributed by atoms with Crippen LogP contribution in [0.25, 0.3) is 93.3 Å². The van der Waals surface area contributed by atoms with Gasteiger partial charge in [-0.15, -0.1) is 0 Å². The molecule has 0 saturated heterocycles. The van der Waals surface area contributed by atoms with Crippen LogP contribution in [0.1, 0.15) is 0 Å². The Bertz CT molecular complexity index is 2780. The zero-order valence-electron chi connectivity index (χ0n) is 23.6. The Morgan fingerprint density at radius 2 is 1.16 bits per heavy atom. The summed E-state index contributed by atoms with van der Waals surface area (Å²) in [7, 11) is 0. The predicted molar refractivity (Wildman–Crippen MR) is 184 cm³/mol. The largest absolute Gasteiger partial charge is 0.353 e. The topological polar surface area (TPSA) is 46.5 Å². The Morgan fingerprint density at radius 3 is 2.02 bits per heavy atom. The number of hydrogen-bond donors (Lipinski definition) is 1. The van der Waals surface area contributed by atoms with Crippen molar-refractivity contribution in [3.63, 3.8) is 0 Å². The molecule has 3 heterocycles. The summed E-state index contributed by atoms with van der Waals surface area (Å²) in [5.74, 6) is 0.660. The highest BCUT2D eigenvalue weighted by molar-refractivity contribution is 6.35. The first kappa shape index (κ1) is 23.6. The van der Waals surface area contributed by atoms with Crippen LogP contribution in [-0.2, 0) is 0 Å². The zero-order valence-corrected chi connectivity index (χ0v) is 23.6. The molecule has 0 amide bonds. The fourth-order valence-corrected chi connectivity index (χ4v) is 7.20. The molecule has 0 aliphatic heterocycles. The van der Waals surface area contributed by atoms with Gasteiger partial charge in [0.15, 0.2) is 0 Å². The van der Waals surface area contributed by atoms with E-state index >= 15 is 0 Å². The summed E-state index contributed by atoms with van der Waals surface area (Å²) >= 11 is 0. The second-order valence-electron chi connectivity index (χ2n) is 11.5. The smallest absolute Gasteiger partial charge is 0.235 e. The molecule has 0 saturated carbocycles. The molecule has 10 rings (SSSR count). The molecule has 10 aromatic rings. The molecule has 0 aliphatic rings. The summed E-state index contributed by atoms with van der Waals surface area (Å²) < 4.78 is 2.27. The van der Waals surface area contributed by atoms with Gasteiger partial charge >= 0.3 is 0 Å². The van der Waals surface area contributed by atoms with Crippen molar-refractivity contribution in [2.75, 3.05) is 0 Å². The first-order chi connectivity index (χ1) is 21.8. The lowest BCUT2D eigenvalue weighted by Gasteiger charge is -2.13. The lowest BCUT2D eigenvalue weighted by atomic mass is 9.99. The quantitative estimate of drug-likeness (QED) is 0.229. The van der Waals surface area contributed by atoms with E-state index in [4.69, 9.17) is 9.97 Å². The molecule has 0 aliphatic carbocycles. The second kappa shape index (κ2) is 8.76. The van der Waals surface area contributed by atoms with E-state index in [2.05, 4.69) is 149 Å². The van der Waals surface area contributed by atoms with Gasteiger partial charge in [0, 0.05) is 38.0 Å². The molecule has 0 atom stereocenters. The Hall–Kier alpha value is -6.00. The molecule has 3 aromatic heterocycles. The molecular weight excluding hydrogens is 536 g/mol. The standard InChI is InChI=1S/C40H24N4/c1-2-12-25-23-26(22-21-24(25)11-1)37-30-16-6-9-19-33(30)42-40(43-37)44-34-20-10-7-17-31(34)36-28-14-4-3-13-27(28)35-29-15-5-8-18-32(29)41-38(35)39(36)44/h1-23,41H. The highest BCUT2D eigenvalue weighted by atomic mass is 15.2. The summed E-state index contributed by atoms with van der Waals surface area (Å²) in [5.41, 5.74) is 7.31.